The van der Waals surface area contributed by atoms with Gasteiger partial charge in [-0.2, -0.15) is 0 Å². The molecule has 1 aromatic carbocycles. The third kappa shape index (κ3) is 5.10. The first-order valence-corrected chi connectivity index (χ1v) is 11.7. The Balaban J connectivity index is 1.60. The lowest BCUT2D eigenvalue weighted by molar-refractivity contribution is 0.0297. The molecule has 5 nitrogen and oxygen atoms in total. The Hall–Kier alpha value is -2.76. The maximum Gasteiger partial charge on any atom is 0.253 e. The van der Waals surface area contributed by atoms with Crippen LogP contribution in [0.2, 0.25) is 5.02 Å². The summed E-state index contributed by atoms with van der Waals surface area (Å²) in [6, 6.07) is 11.6. The van der Waals surface area contributed by atoms with Crippen LogP contribution in [0.1, 0.15) is 50.2 Å². The first kappa shape index (κ1) is 23.4. The van der Waals surface area contributed by atoms with Gasteiger partial charge in [0.2, 0.25) is 0 Å². The van der Waals surface area contributed by atoms with Crippen molar-refractivity contribution in [2.75, 3.05) is 13.1 Å². The van der Waals surface area contributed by atoms with E-state index in [1.54, 1.807) is 17.2 Å². The minimum absolute atomic E-state index is 0.0447. The average molecular weight is 464 g/mol. The molecule has 1 N–H and O–H groups in total. The lowest BCUT2D eigenvalue weighted by Gasteiger charge is -2.34. The van der Waals surface area contributed by atoms with Gasteiger partial charge in [-0.15, -0.1) is 0 Å². The molecule has 1 aliphatic rings. The number of rotatable bonds is 3. The summed E-state index contributed by atoms with van der Waals surface area (Å²) in [7, 11) is 0. The highest BCUT2D eigenvalue weighted by Crippen LogP contribution is 2.32. The second kappa shape index (κ2) is 9.24. The summed E-state index contributed by atoms with van der Waals surface area (Å²) < 4.78 is 0. The Morgan fingerprint density at radius 1 is 1.09 bits per heavy atom. The number of carbonyl (C=O) groups excluding carboxylic acids is 1. The van der Waals surface area contributed by atoms with Gasteiger partial charge in [-0.1, -0.05) is 45.4 Å². The number of carbonyl (C=O) groups is 1. The minimum atomic E-state index is -0.348. The molecule has 0 saturated carbocycles. The first-order valence-electron chi connectivity index (χ1n) is 11.3. The number of aromatic nitrogens is 2. The molecular weight excluding hydrogens is 434 g/mol. The maximum atomic E-state index is 13.0. The van der Waals surface area contributed by atoms with Gasteiger partial charge in [0.05, 0.1) is 6.10 Å². The third-order valence-electron chi connectivity index (χ3n) is 6.27. The van der Waals surface area contributed by atoms with Crippen LogP contribution in [0.4, 0.5) is 0 Å². The fraction of sp³-hybridized carbons (Fsp3) is 0.370. The molecule has 0 radical (unpaired) electrons. The van der Waals surface area contributed by atoms with Crippen LogP contribution in [0.25, 0.3) is 22.3 Å². The summed E-state index contributed by atoms with van der Waals surface area (Å²) in [4.78, 5) is 23.7. The number of piperidine rings is 1. The number of aliphatic hydroxyl groups is 1. The monoisotopic (exact) mass is 463 g/mol. The van der Waals surface area contributed by atoms with E-state index in [0.29, 0.717) is 30.1 Å². The van der Waals surface area contributed by atoms with E-state index in [2.05, 4.69) is 42.9 Å². The summed E-state index contributed by atoms with van der Waals surface area (Å²) in [5.74, 6) is 0.0128. The second-order valence-electron chi connectivity index (χ2n) is 9.92. The van der Waals surface area contributed by atoms with Gasteiger partial charge in [-0.05, 0) is 48.2 Å². The molecule has 3 heterocycles. The van der Waals surface area contributed by atoms with Gasteiger partial charge in [0.25, 0.3) is 5.91 Å². The van der Waals surface area contributed by atoms with Crippen molar-refractivity contribution in [2.45, 2.75) is 45.6 Å². The normalized spacial score (nSPS) is 18.9. The number of hydrogen-bond donors (Lipinski definition) is 1. The molecule has 0 bridgehead atoms. The van der Waals surface area contributed by atoms with Crippen LogP contribution in [0.15, 0.2) is 55.0 Å². The number of nitrogens with zero attached hydrogens (tertiary/aromatic N) is 3. The zero-order valence-electron chi connectivity index (χ0n) is 19.5. The highest BCUT2D eigenvalue weighted by molar-refractivity contribution is 6.33. The lowest BCUT2D eigenvalue weighted by Crippen LogP contribution is -2.44. The zero-order valence-corrected chi connectivity index (χ0v) is 20.3. The van der Waals surface area contributed by atoms with Crippen LogP contribution < -0.4 is 0 Å². The van der Waals surface area contributed by atoms with Crippen molar-refractivity contribution in [3.05, 3.63) is 71.3 Å². The number of pyridine rings is 2. The van der Waals surface area contributed by atoms with E-state index in [1.165, 1.54) is 0 Å². The first-order chi connectivity index (χ1) is 15.6. The molecular formula is C27H30ClN3O2. The lowest BCUT2D eigenvalue weighted by atomic mass is 9.90. The van der Waals surface area contributed by atoms with Gasteiger partial charge in [0, 0.05) is 70.1 Å². The van der Waals surface area contributed by atoms with E-state index in [-0.39, 0.29) is 23.3 Å². The second-order valence-corrected chi connectivity index (χ2v) is 10.3. The molecule has 1 saturated heterocycles. The molecule has 3 aromatic rings. The van der Waals surface area contributed by atoms with Crippen molar-refractivity contribution >= 4 is 17.5 Å². The van der Waals surface area contributed by atoms with Gasteiger partial charge in [-0.3, -0.25) is 14.8 Å². The SMILES string of the molecule is CC1CN(C(=O)c2ccc(-c3cncc(-c4ccnc(C(C)(C)C)c4)c3)c(Cl)c2)CCC1O. The number of amides is 1. The topological polar surface area (TPSA) is 66.3 Å². The van der Waals surface area contributed by atoms with Crippen molar-refractivity contribution in [2.24, 2.45) is 5.92 Å². The Kier molecular flexibility index (Phi) is 6.55. The standard InChI is InChI=1S/C27H30ClN3O2/c1-17-16-31(10-8-24(17)32)26(33)19-5-6-22(23(28)12-19)21-11-20(14-29-15-21)18-7-9-30-25(13-18)27(2,3)4/h5-7,9,11-15,17,24,32H,8,10,16H2,1-4H3. The minimum Gasteiger partial charge on any atom is -0.393 e. The highest BCUT2D eigenvalue weighted by atomic mass is 35.5. The fourth-order valence-corrected chi connectivity index (χ4v) is 4.44. The molecule has 2 atom stereocenters. The van der Waals surface area contributed by atoms with Crippen LogP contribution in [0, 0.1) is 5.92 Å². The molecule has 1 aliphatic heterocycles. The molecule has 2 aromatic heterocycles. The van der Waals surface area contributed by atoms with Crippen LogP contribution in [-0.4, -0.2) is 45.1 Å². The van der Waals surface area contributed by atoms with Crippen LogP contribution >= 0.6 is 11.6 Å². The van der Waals surface area contributed by atoms with E-state index >= 15 is 0 Å². The van der Waals surface area contributed by atoms with E-state index < -0.39 is 0 Å². The number of likely N-dealkylation sites (tertiary alicyclic amines) is 1. The van der Waals surface area contributed by atoms with Gasteiger partial charge >= 0.3 is 0 Å². The van der Waals surface area contributed by atoms with E-state index in [1.807, 2.05) is 37.5 Å². The summed E-state index contributed by atoms with van der Waals surface area (Å²) in [5, 5.41) is 10.5. The molecule has 0 aliphatic carbocycles. The molecule has 4 rings (SSSR count). The molecule has 6 heteroatoms. The van der Waals surface area contributed by atoms with Crippen molar-refractivity contribution in [3.8, 4) is 22.3 Å². The molecule has 1 amide bonds. The van der Waals surface area contributed by atoms with Crippen LogP contribution in [0.3, 0.4) is 0 Å². The van der Waals surface area contributed by atoms with Crippen LogP contribution in [0.5, 0.6) is 0 Å². The van der Waals surface area contributed by atoms with Gasteiger partial charge < -0.3 is 10.0 Å². The van der Waals surface area contributed by atoms with Gasteiger partial charge in [0.15, 0.2) is 0 Å². The smallest absolute Gasteiger partial charge is 0.253 e. The third-order valence-corrected chi connectivity index (χ3v) is 6.59. The van der Waals surface area contributed by atoms with Crippen molar-refractivity contribution in [1.29, 1.82) is 0 Å². The largest absolute Gasteiger partial charge is 0.393 e. The highest BCUT2D eigenvalue weighted by Gasteiger charge is 2.28. The molecule has 1 fully saturated rings. The zero-order chi connectivity index (χ0) is 23.8. The van der Waals surface area contributed by atoms with E-state index in [0.717, 1.165) is 27.9 Å². The van der Waals surface area contributed by atoms with Crippen molar-refractivity contribution < 1.29 is 9.90 Å². The Labute approximate surface area is 200 Å². The van der Waals surface area contributed by atoms with E-state index in [4.69, 9.17) is 11.6 Å². The Bertz CT molecular complexity index is 1170. The molecule has 33 heavy (non-hydrogen) atoms. The number of halogens is 1. The van der Waals surface area contributed by atoms with Crippen LogP contribution in [-0.2, 0) is 5.41 Å². The average Bonchev–Trinajstić information content (AvgIpc) is 2.80. The number of benzene rings is 1. The number of hydrogen-bond acceptors (Lipinski definition) is 4. The molecule has 172 valence electrons. The van der Waals surface area contributed by atoms with E-state index in [9.17, 15) is 9.90 Å². The predicted molar refractivity (Wildman–Crippen MR) is 132 cm³/mol. The summed E-state index contributed by atoms with van der Waals surface area (Å²) in [6.07, 6.45) is 5.70. The molecule has 2 unspecified atom stereocenters. The fourth-order valence-electron chi connectivity index (χ4n) is 4.15. The Morgan fingerprint density at radius 3 is 2.55 bits per heavy atom. The number of aliphatic hydroxyl groups excluding tert-OH is 1. The maximum absolute atomic E-state index is 13.0. The molecule has 0 spiro atoms. The quantitative estimate of drug-likeness (QED) is 0.548. The summed E-state index contributed by atoms with van der Waals surface area (Å²) >= 11 is 6.63. The van der Waals surface area contributed by atoms with Crippen molar-refractivity contribution in [1.82, 2.24) is 14.9 Å². The van der Waals surface area contributed by atoms with Gasteiger partial charge in [0.1, 0.15) is 0 Å². The predicted octanol–water partition coefficient (Wildman–Crippen LogP) is 5.60. The Morgan fingerprint density at radius 2 is 1.85 bits per heavy atom. The van der Waals surface area contributed by atoms with Gasteiger partial charge in [-0.25, -0.2) is 0 Å². The summed E-state index contributed by atoms with van der Waals surface area (Å²) in [6.45, 7) is 9.49. The van der Waals surface area contributed by atoms with Crippen molar-refractivity contribution in [3.63, 3.8) is 0 Å². The summed E-state index contributed by atoms with van der Waals surface area (Å²) in [5.41, 5.74) is 5.28.